The fraction of sp³-hybridized carbons (Fsp3) is 0.381. The van der Waals surface area contributed by atoms with Crippen molar-refractivity contribution >= 4 is 28.1 Å². The highest BCUT2D eigenvalue weighted by molar-refractivity contribution is 7.92. The number of benzene rings is 2. The summed E-state index contributed by atoms with van der Waals surface area (Å²) in [7, 11) is -3.27. The molecule has 0 aliphatic carbocycles. The monoisotopic (exact) mass is 433 g/mol. The van der Waals surface area contributed by atoms with Gasteiger partial charge in [0.25, 0.3) is 0 Å². The molecule has 0 unspecified atom stereocenters. The lowest BCUT2D eigenvalue weighted by Crippen LogP contribution is -2.25. The average Bonchev–Trinajstić information content (AvgIpc) is 3.08. The van der Waals surface area contributed by atoms with Crippen molar-refractivity contribution in [3.8, 4) is 11.8 Å². The maximum Gasteiger partial charge on any atom is 0.229 e. The second kappa shape index (κ2) is 8.62. The van der Waals surface area contributed by atoms with Crippen LogP contribution in [-0.2, 0) is 16.4 Å². The van der Waals surface area contributed by atoms with Crippen LogP contribution in [0.1, 0.15) is 22.6 Å². The smallest absolute Gasteiger partial charge is 0.229 e. The van der Waals surface area contributed by atoms with E-state index in [1.54, 1.807) is 6.07 Å². The van der Waals surface area contributed by atoms with Crippen molar-refractivity contribution in [1.82, 2.24) is 4.90 Å². The quantitative estimate of drug-likeness (QED) is 0.783. The van der Waals surface area contributed by atoms with Gasteiger partial charge >= 0.3 is 0 Å². The largest absolute Gasteiger partial charge is 0.493 e. The number of fused-ring (bicyclic) bond motifs is 3. The molecule has 1 fully saturated rings. The predicted molar refractivity (Wildman–Crippen MR) is 115 cm³/mol. The number of halogens is 1. The summed E-state index contributed by atoms with van der Waals surface area (Å²) >= 11 is 0. The first-order chi connectivity index (χ1) is 13.4. The molecule has 0 saturated carbocycles. The summed E-state index contributed by atoms with van der Waals surface area (Å²) in [6, 6.07) is 15.5. The van der Waals surface area contributed by atoms with E-state index in [0.29, 0.717) is 29.7 Å². The topological polar surface area (TPSA) is 82.4 Å². The van der Waals surface area contributed by atoms with Crippen LogP contribution in [0.2, 0.25) is 0 Å². The molecule has 0 bridgehead atoms. The second-order valence-corrected chi connectivity index (χ2v) is 9.37. The molecule has 8 heteroatoms. The zero-order chi connectivity index (χ0) is 19.7. The van der Waals surface area contributed by atoms with Crippen molar-refractivity contribution in [3.05, 3.63) is 59.2 Å². The molecule has 0 spiro atoms. The molecule has 2 aliphatic rings. The van der Waals surface area contributed by atoms with E-state index in [1.807, 2.05) is 36.4 Å². The van der Waals surface area contributed by atoms with Gasteiger partial charge in [-0.15, -0.1) is 12.4 Å². The normalized spacial score (nSPS) is 20.6. The molecule has 2 aromatic rings. The van der Waals surface area contributed by atoms with E-state index in [0.717, 1.165) is 49.2 Å². The van der Waals surface area contributed by atoms with Crippen LogP contribution in [0.5, 0.6) is 5.75 Å². The molecule has 0 aromatic heterocycles. The van der Waals surface area contributed by atoms with Crippen LogP contribution in [0.15, 0.2) is 42.5 Å². The van der Waals surface area contributed by atoms with Crippen LogP contribution in [0.3, 0.4) is 0 Å². The molecule has 2 aromatic carbocycles. The lowest BCUT2D eigenvalue weighted by atomic mass is 9.86. The van der Waals surface area contributed by atoms with Crippen LogP contribution < -0.4 is 9.46 Å². The van der Waals surface area contributed by atoms with Crippen LogP contribution in [0.25, 0.3) is 0 Å². The van der Waals surface area contributed by atoms with Crippen molar-refractivity contribution in [2.75, 3.05) is 37.2 Å². The summed E-state index contributed by atoms with van der Waals surface area (Å²) in [5.74, 6) is 1.75. The Balaban J connectivity index is 0.00000240. The molecule has 2 heterocycles. The van der Waals surface area contributed by atoms with Crippen molar-refractivity contribution in [2.45, 2.75) is 12.3 Å². The van der Waals surface area contributed by atoms with Crippen LogP contribution in [0.4, 0.5) is 5.69 Å². The van der Waals surface area contributed by atoms with Crippen molar-refractivity contribution in [3.63, 3.8) is 0 Å². The second-order valence-electron chi connectivity index (χ2n) is 7.63. The van der Waals surface area contributed by atoms with Crippen LogP contribution >= 0.6 is 12.4 Å². The third-order valence-electron chi connectivity index (χ3n) is 5.45. The summed E-state index contributed by atoms with van der Waals surface area (Å²) in [6.07, 6.45) is 2.01. The number of nitrogens with one attached hydrogen (secondary N) is 1. The first-order valence-corrected chi connectivity index (χ1v) is 11.3. The summed E-state index contributed by atoms with van der Waals surface area (Å²) in [5, 5.41) is 9.19. The number of hydrogen-bond donors (Lipinski definition) is 1. The number of ether oxygens (including phenoxy) is 1. The Morgan fingerprint density at radius 2 is 2.07 bits per heavy atom. The Morgan fingerprint density at radius 3 is 2.83 bits per heavy atom. The van der Waals surface area contributed by atoms with Crippen molar-refractivity contribution in [2.24, 2.45) is 5.92 Å². The number of nitriles is 1. The molecule has 2 aliphatic heterocycles. The Morgan fingerprint density at radius 1 is 1.24 bits per heavy atom. The van der Waals surface area contributed by atoms with Gasteiger partial charge in [-0.1, -0.05) is 12.1 Å². The molecule has 0 radical (unpaired) electrons. The highest BCUT2D eigenvalue weighted by Gasteiger charge is 2.38. The molecular formula is C21H24ClN3O3S. The SMILES string of the molecule is CS(=O)(=O)Nc1cccc(CCN2C[C@H]3COc4ccc(C#N)cc4[C@@H]3C2)c1.Cl. The lowest BCUT2D eigenvalue weighted by molar-refractivity contribution is 0.213. The molecular weight excluding hydrogens is 410 g/mol. The highest BCUT2D eigenvalue weighted by atomic mass is 35.5. The molecule has 0 amide bonds. The number of anilines is 1. The van der Waals surface area contributed by atoms with E-state index in [9.17, 15) is 13.7 Å². The molecule has 154 valence electrons. The first-order valence-electron chi connectivity index (χ1n) is 9.37. The maximum atomic E-state index is 11.4. The van der Waals surface area contributed by atoms with Gasteiger partial charge < -0.3 is 9.64 Å². The summed E-state index contributed by atoms with van der Waals surface area (Å²) in [6.45, 7) is 3.55. The Hall–Kier alpha value is -2.27. The van der Waals surface area contributed by atoms with Gasteiger partial charge in [0.15, 0.2) is 0 Å². The van der Waals surface area contributed by atoms with E-state index in [4.69, 9.17) is 4.74 Å². The minimum atomic E-state index is -3.27. The fourth-order valence-corrected chi connectivity index (χ4v) is 4.75. The van der Waals surface area contributed by atoms with Gasteiger partial charge in [-0.05, 0) is 42.3 Å². The zero-order valence-corrected chi connectivity index (χ0v) is 17.8. The molecule has 6 nitrogen and oxygen atoms in total. The minimum absolute atomic E-state index is 0. The third-order valence-corrected chi connectivity index (χ3v) is 6.06. The van der Waals surface area contributed by atoms with E-state index >= 15 is 0 Å². The third kappa shape index (κ3) is 5.02. The van der Waals surface area contributed by atoms with Gasteiger partial charge in [0.2, 0.25) is 10.0 Å². The standard InChI is InChI=1S/C21H23N3O3S.ClH/c1-28(25,26)23-18-4-2-3-15(9-18)7-8-24-12-17-14-27-21-6-5-16(11-22)10-19(21)20(17)13-24;/h2-6,9-10,17,20,23H,7-8,12-14H2,1H3;1H/t17-,20+;/m0./s1. The summed E-state index contributed by atoms with van der Waals surface area (Å²) in [5.41, 5.74) is 3.53. The Bertz CT molecular complexity index is 1040. The zero-order valence-electron chi connectivity index (χ0n) is 16.2. The maximum absolute atomic E-state index is 11.4. The van der Waals surface area contributed by atoms with Crippen LogP contribution in [-0.4, -0.2) is 45.8 Å². The average molecular weight is 434 g/mol. The van der Waals surface area contributed by atoms with E-state index in [-0.39, 0.29) is 12.4 Å². The van der Waals surface area contributed by atoms with Gasteiger partial charge in [0.1, 0.15) is 5.75 Å². The van der Waals surface area contributed by atoms with E-state index in [1.165, 1.54) is 0 Å². The van der Waals surface area contributed by atoms with Gasteiger partial charge in [0.05, 0.1) is 24.5 Å². The van der Waals surface area contributed by atoms with Gasteiger partial charge in [-0.25, -0.2) is 8.42 Å². The minimum Gasteiger partial charge on any atom is -0.493 e. The Labute approximate surface area is 177 Å². The first kappa shape index (κ1) is 21.4. The summed E-state index contributed by atoms with van der Waals surface area (Å²) < 4.78 is 31.3. The number of nitrogens with zero attached hydrogens (tertiary/aromatic N) is 2. The van der Waals surface area contributed by atoms with Crippen LogP contribution in [0, 0.1) is 17.2 Å². The molecule has 2 atom stereocenters. The summed E-state index contributed by atoms with van der Waals surface area (Å²) in [4.78, 5) is 2.43. The Kier molecular flexibility index (Phi) is 6.37. The number of rotatable bonds is 5. The number of hydrogen-bond acceptors (Lipinski definition) is 5. The molecule has 1 N–H and O–H groups in total. The van der Waals surface area contributed by atoms with Gasteiger partial charge in [-0.3, -0.25) is 4.72 Å². The predicted octanol–water partition coefficient (Wildman–Crippen LogP) is 3.00. The highest BCUT2D eigenvalue weighted by Crippen LogP contribution is 2.41. The van der Waals surface area contributed by atoms with Crippen molar-refractivity contribution in [1.29, 1.82) is 5.26 Å². The molecule has 1 saturated heterocycles. The molecule has 29 heavy (non-hydrogen) atoms. The van der Waals surface area contributed by atoms with Gasteiger partial charge in [-0.2, -0.15) is 5.26 Å². The van der Waals surface area contributed by atoms with Crippen molar-refractivity contribution < 1.29 is 13.2 Å². The molecule has 4 rings (SSSR count). The number of likely N-dealkylation sites (tertiary alicyclic amines) is 1. The number of sulfonamides is 1. The fourth-order valence-electron chi connectivity index (χ4n) is 4.19. The van der Waals surface area contributed by atoms with E-state index in [2.05, 4.69) is 15.7 Å². The van der Waals surface area contributed by atoms with E-state index < -0.39 is 10.0 Å². The van der Waals surface area contributed by atoms with Gasteiger partial charge in [0, 0.05) is 42.7 Å². The lowest BCUT2D eigenvalue weighted by Gasteiger charge is -2.27.